The second-order valence-corrected chi connectivity index (χ2v) is 3.85. The first kappa shape index (κ1) is 14.1. The number of hydrogen-bond donors (Lipinski definition) is 0. The fraction of sp³-hybridized carbons (Fsp3) is 1.00. The van der Waals surface area contributed by atoms with Crippen molar-refractivity contribution in [2.45, 2.75) is 12.9 Å². The van der Waals surface area contributed by atoms with Gasteiger partial charge in [-0.05, 0) is 0 Å². The number of phosphoric acid groups is 1. The molecule has 0 N–H and O–H groups in total. The molecule has 0 aromatic rings. The van der Waals surface area contributed by atoms with Gasteiger partial charge in [-0.2, -0.15) is 4.08 Å². The van der Waals surface area contributed by atoms with E-state index < -0.39 is 33.9 Å². The van der Waals surface area contributed by atoms with Crippen LogP contribution in [0.3, 0.4) is 0 Å². The molecule has 0 aliphatic carbocycles. The van der Waals surface area contributed by atoms with Gasteiger partial charge in [-0.25, -0.2) is 22.1 Å². The van der Waals surface area contributed by atoms with Crippen LogP contribution in [-0.2, 0) is 17.7 Å². The van der Waals surface area contributed by atoms with Crippen molar-refractivity contribution in [1.29, 1.82) is 0 Å². The normalized spacial score (nSPS) is 12.8. The fourth-order valence-electron chi connectivity index (χ4n) is 0.372. The lowest BCUT2D eigenvalue weighted by atomic mass is 10.8. The van der Waals surface area contributed by atoms with Crippen LogP contribution < -0.4 is 0 Å². The molecule has 0 fully saturated rings. The van der Waals surface area contributed by atoms with E-state index in [-0.39, 0.29) is 0 Å². The molecule has 0 radical (unpaired) electrons. The van der Waals surface area contributed by atoms with Gasteiger partial charge in [0.05, 0.1) is 11.9 Å². The second kappa shape index (κ2) is 6.58. The molecule has 0 heterocycles. The lowest BCUT2D eigenvalue weighted by Crippen LogP contribution is -2.08. The van der Waals surface area contributed by atoms with E-state index in [1.54, 1.807) is 0 Å². The van der Waals surface area contributed by atoms with Gasteiger partial charge in [-0.15, -0.1) is 0 Å². The fourth-order valence-corrected chi connectivity index (χ4v) is 1.36. The Morgan fingerprint density at radius 2 is 1.43 bits per heavy atom. The SMILES string of the molecule is O=P(OCl)(OCC(F)F)OCC(F)F. The van der Waals surface area contributed by atoms with E-state index in [0.29, 0.717) is 0 Å². The van der Waals surface area contributed by atoms with E-state index in [0.717, 1.165) is 0 Å². The molecular weight excluding hydrogens is 254 g/mol. The quantitative estimate of drug-likeness (QED) is 0.521. The zero-order valence-corrected chi connectivity index (χ0v) is 8.19. The maximum Gasteiger partial charge on any atom is 0.491 e. The lowest BCUT2D eigenvalue weighted by molar-refractivity contribution is 0.0324. The number of halogens is 5. The van der Waals surface area contributed by atoms with Gasteiger partial charge in [-0.3, -0.25) is 9.05 Å². The highest BCUT2D eigenvalue weighted by molar-refractivity contribution is 7.49. The Labute approximate surface area is 81.9 Å². The molecule has 0 bridgehead atoms. The molecule has 14 heavy (non-hydrogen) atoms. The van der Waals surface area contributed by atoms with Crippen molar-refractivity contribution in [2.24, 2.45) is 0 Å². The number of hydrogen-bond acceptors (Lipinski definition) is 4. The first-order valence-electron chi connectivity index (χ1n) is 3.15. The predicted octanol–water partition coefficient (Wildman–Crippen LogP) is 2.83. The zero-order valence-electron chi connectivity index (χ0n) is 6.54. The summed E-state index contributed by atoms with van der Waals surface area (Å²) in [7, 11) is -4.50. The summed E-state index contributed by atoms with van der Waals surface area (Å²) in [4.78, 5) is 0. The van der Waals surface area contributed by atoms with Gasteiger partial charge >= 0.3 is 7.82 Å². The van der Waals surface area contributed by atoms with Gasteiger partial charge in [0.15, 0.2) is 0 Å². The minimum atomic E-state index is -4.50. The molecule has 0 spiro atoms. The van der Waals surface area contributed by atoms with Crippen molar-refractivity contribution in [3.63, 3.8) is 0 Å². The molecule has 0 aromatic heterocycles. The Morgan fingerprint density at radius 1 is 1.07 bits per heavy atom. The Hall–Kier alpha value is 0.120. The second-order valence-electron chi connectivity index (χ2n) is 1.89. The van der Waals surface area contributed by atoms with Gasteiger partial charge < -0.3 is 0 Å². The van der Waals surface area contributed by atoms with Gasteiger partial charge in [0.2, 0.25) is 0 Å². The number of alkyl halides is 4. The monoisotopic (exact) mass is 260 g/mol. The molecule has 0 rings (SSSR count). The van der Waals surface area contributed by atoms with Gasteiger partial charge in [0.25, 0.3) is 12.9 Å². The molecule has 0 aromatic carbocycles. The summed E-state index contributed by atoms with van der Waals surface area (Å²) in [5.74, 6) is 0. The summed E-state index contributed by atoms with van der Waals surface area (Å²) in [5.41, 5.74) is 0. The van der Waals surface area contributed by atoms with E-state index >= 15 is 0 Å². The third kappa shape index (κ3) is 6.56. The molecule has 4 nitrogen and oxygen atoms in total. The molecule has 0 aliphatic heterocycles. The van der Waals surface area contributed by atoms with Crippen LogP contribution >= 0.6 is 19.7 Å². The van der Waals surface area contributed by atoms with Crippen molar-refractivity contribution >= 4 is 19.7 Å². The van der Waals surface area contributed by atoms with Crippen molar-refractivity contribution < 1.29 is 35.3 Å². The average molecular weight is 261 g/mol. The molecule has 0 unspecified atom stereocenters. The molecular formula is C4H6ClF4O4P. The smallest absolute Gasteiger partial charge is 0.280 e. The summed E-state index contributed by atoms with van der Waals surface area (Å²) < 4.78 is 68.5. The van der Waals surface area contributed by atoms with Crippen LogP contribution in [0, 0.1) is 0 Å². The Kier molecular flexibility index (Phi) is 6.63. The first-order valence-corrected chi connectivity index (χ1v) is 4.92. The molecule has 86 valence electrons. The molecule has 0 atom stereocenters. The maximum absolute atomic E-state index is 11.6. The summed E-state index contributed by atoms with van der Waals surface area (Å²) in [6.45, 7) is -2.57. The van der Waals surface area contributed by atoms with Crippen LogP contribution in [-0.4, -0.2) is 26.1 Å². The topological polar surface area (TPSA) is 44.8 Å². The first-order chi connectivity index (χ1) is 6.39. The third-order valence-electron chi connectivity index (χ3n) is 0.802. The van der Waals surface area contributed by atoms with Crippen molar-refractivity contribution in [3.05, 3.63) is 0 Å². The van der Waals surface area contributed by atoms with Crippen LogP contribution in [0.1, 0.15) is 0 Å². The highest BCUT2D eigenvalue weighted by Crippen LogP contribution is 2.51. The largest absolute Gasteiger partial charge is 0.491 e. The highest BCUT2D eigenvalue weighted by Gasteiger charge is 2.29. The van der Waals surface area contributed by atoms with Crippen LogP contribution in [0.2, 0.25) is 0 Å². The number of rotatable bonds is 7. The van der Waals surface area contributed by atoms with Crippen molar-refractivity contribution in [2.75, 3.05) is 13.2 Å². The van der Waals surface area contributed by atoms with E-state index in [9.17, 15) is 22.1 Å². The van der Waals surface area contributed by atoms with E-state index in [1.807, 2.05) is 0 Å². The Bertz CT molecular complexity index is 188. The zero-order chi connectivity index (χ0) is 11.2. The maximum atomic E-state index is 11.6. The lowest BCUT2D eigenvalue weighted by Gasteiger charge is -2.13. The summed E-state index contributed by atoms with van der Waals surface area (Å²) in [5, 5.41) is 0. The number of phosphoric ester groups is 1. The standard InChI is InChI=1S/C4H6ClF4O4P/c5-13-14(10,11-1-3(6)7)12-2-4(8)9/h3-4H,1-2H2. The Morgan fingerprint density at radius 3 is 1.64 bits per heavy atom. The summed E-state index contributed by atoms with van der Waals surface area (Å²) in [6.07, 6.45) is -5.88. The van der Waals surface area contributed by atoms with Gasteiger partial charge in [0.1, 0.15) is 13.2 Å². The van der Waals surface area contributed by atoms with Crippen LogP contribution in [0.15, 0.2) is 0 Å². The summed E-state index contributed by atoms with van der Waals surface area (Å²) >= 11 is 4.57. The van der Waals surface area contributed by atoms with Crippen LogP contribution in [0.4, 0.5) is 17.6 Å². The van der Waals surface area contributed by atoms with Crippen LogP contribution in [0.25, 0.3) is 0 Å². The third-order valence-corrected chi connectivity index (χ3v) is 2.41. The van der Waals surface area contributed by atoms with E-state index in [4.69, 9.17) is 0 Å². The molecule has 0 saturated carbocycles. The van der Waals surface area contributed by atoms with Crippen molar-refractivity contribution in [3.8, 4) is 0 Å². The van der Waals surface area contributed by atoms with E-state index in [2.05, 4.69) is 25.0 Å². The minimum absolute atomic E-state index is 1.28. The summed E-state index contributed by atoms with van der Waals surface area (Å²) in [6, 6.07) is 0. The van der Waals surface area contributed by atoms with E-state index in [1.165, 1.54) is 0 Å². The Balaban J connectivity index is 3.98. The molecule has 0 saturated heterocycles. The minimum Gasteiger partial charge on any atom is -0.280 e. The van der Waals surface area contributed by atoms with Gasteiger partial charge in [-0.1, -0.05) is 0 Å². The average Bonchev–Trinajstić information content (AvgIpc) is 2.11. The molecule has 10 heteroatoms. The highest BCUT2D eigenvalue weighted by atomic mass is 35.5. The van der Waals surface area contributed by atoms with Crippen molar-refractivity contribution in [1.82, 2.24) is 0 Å². The molecule has 0 amide bonds. The predicted molar refractivity (Wildman–Crippen MR) is 38.5 cm³/mol. The van der Waals surface area contributed by atoms with Gasteiger partial charge in [0, 0.05) is 0 Å². The molecule has 0 aliphatic rings. The van der Waals surface area contributed by atoms with Crippen LogP contribution in [0.5, 0.6) is 0 Å².